The Kier molecular flexibility index (Phi) is 8.42. The molecule has 34 heavy (non-hydrogen) atoms. The number of nitrogens with zero attached hydrogens (tertiary/aromatic N) is 3. The molecule has 4 rings (SSSR count). The van der Waals surface area contributed by atoms with Crippen LogP contribution >= 0.6 is 27.7 Å². The van der Waals surface area contributed by atoms with Crippen molar-refractivity contribution < 1.29 is 14.0 Å². The molecule has 180 valence electrons. The number of thioether (sulfide) groups is 1. The third-order valence-corrected chi connectivity index (χ3v) is 8.38. The van der Waals surface area contributed by atoms with Gasteiger partial charge in [0.25, 0.3) is 0 Å². The maximum absolute atomic E-state index is 13.9. The smallest absolute Gasteiger partial charge is 0.237 e. The van der Waals surface area contributed by atoms with Crippen LogP contribution in [-0.4, -0.2) is 44.9 Å². The highest BCUT2D eigenvalue weighted by Crippen LogP contribution is 2.45. The Labute approximate surface area is 212 Å². The van der Waals surface area contributed by atoms with Gasteiger partial charge in [-0.1, -0.05) is 18.2 Å². The van der Waals surface area contributed by atoms with Gasteiger partial charge in [-0.2, -0.15) is 0 Å². The highest BCUT2D eigenvalue weighted by atomic mass is 79.9. The molecule has 0 N–H and O–H groups in total. The lowest BCUT2D eigenvalue weighted by Crippen LogP contribution is -2.37. The van der Waals surface area contributed by atoms with Gasteiger partial charge in [0, 0.05) is 43.5 Å². The van der Waals surface area contributed by atoms with Crippen LogP contribution in [0.25, 0.3) is 0 Å². The van der Waals surface area contributed by atoms with E-state index in [1.165, 1.54) is 17.8 Å². The summed E-state index contributed by atoms with van der Waals surface area (Å²) in [5.41, 5.74) is 2.82. The maximum atomic E-state index is 13.9. The predicted octanol–water partition coefficient (Wildman–Crippen LogP) is 5.87. The summed E-state index contributed by atoms with van der Waals surface area (Å²) >= 11 is 4.75. The lowest BCUT2D eigenvalue weighted by atomic mass is 10.0. The largest absolute Gasteiger partial charge is 0.325 e. The molecular weight excluding hydrogens is 517 g/mol. The molecule has 2 aromatic rings. The fourth-order valence-corrected chi connectivity index (χ4v) is 6.39. The van der Waals surface area contributed by atoms with Crippen molar-refractivity contribution in [3.63, 3.8) is 0 Å². The van der Waals surface area contributed by atoms with Gasteiger partial charge in [0.15, 0.2) is 0 Å². The summed E-state index contributed by atoms with van der Waals surface area (Å²) in [5, 5.41) is -0.752. The molecule has 2 aliphatic rings. The van der Waals surface area contributed by atoms with Gasteiger partial charge in [0.05, 0.1) is 9.72 Å². The molecule has 1 aliphatic carbocycles. The van der Waals surface area contributed by atoms with E-state index in [1.807, 2.05) is 34.9 Å². The first-order valence-corrected chi connectivity index (χ1v) is 13.5. The van der Waals surface area contributed by atoms with Crippen molar-refractivity contribution >= 4 is 39.5 Å². The van der Waals surface area contributed by atoms with Crippen molar-refractivity contribution in [1.29, 1.82) is 0 Å². The first kappa shape index (κ1) is 24.9. The molecule has 1 saturated heterocycles. The van der Waals surface area contributed by atoms with Crippen molar-refractivity contribution in [1.82, 2.24) is 14.8 Å². The van der Waals surface area contributed by atoms with E-state index in [1.54, 1.807) is 18.3 Å². The van der Waals surface area contributed by atoms with Crippen LogP contribution < -0.4 is 0 Å². The molecule has 8 heteroatoms. The molecule has 1 aromatic carbocycles. The Morgan fingerprint density at radius 1 is 1.29 bits per heavy atom. The van der Waals surface area contributed by atoms with Crippen LogP contribution in [0.2, 0.25) is 0 Å². The van der Waals surface area contributed by atoms with E-state index in [9.17, 15) is 14.0 Å². The normalized spacial score (nSPS) is 20.4. The monoisotopic (exact) mass is 545 g/mol. The number of benzene rings is 1. The quantitative estimate of drug-likeness (QED) is 0.416. The van der Waals surface area contributed by atoms with Gasteiger partial charge in [0.2, 0.25) is 11.8 Å². The molecule has 1 aromatic heterocycles. The predicted molar refractivity (Wildman–Crippen MR) is 136 cm³/mol. The molecule has 1 aliphatic heterocycles. The fourth-order valence-electron chi connectivity index (χ4n) is 4.53. The Bertz CT molecular complexity index is 1070. The molecule has 2 atom stereocenters. The Morgan fingerprint density at radius 3 is 2.82 bits per heavy atom. The highest BCUT2D eigenvalue weighted by Gasteiger charge is 2.42. The van der Waals surface area contributed by atoms with Crippen molar-refractivity contribution in [3.05, 3.63) is 75.9 Å². The second-order valence-corrected chi connectivity index (χ2v) is 10.7. The van der Waals surface area contributed by atoms with Crippen LogP contribution in [0, 0.1) is 5.82 Å². The second kappa shape index (κ2) is 11.5. The maximum Gasteiger partial charge on any atom is 0.237 e. The summed E-state index contributed by atoms with van der Waals surface area (Å²) in [6, 6.07) is 10.6. The minimum atomic E-state index is -0.469. The number of pyridine rings is 1. The van der Waals surface area contributed by atoms with Crippen LogP contribution in [0.15, 0.2) is 58.8 Å². The van der Waals surface area contributed by atoms with Crippen molar-refractivity contribution in [2.45, 2.75) is 56.1 Å². The number of aromatic nitrogens is 1. The van der Waals surface area contributed by atoms with Gasteiger partial charge in [-0.05, 0) is 78.4 Å². The second-order valence-electron chi connectivity index (χ2n) is 8.54. The molecule has 0 bridgehead atoms. The number of carbonyl (C=O) groups is 2. The molecular formula is C26H29BrFN3O2S. The SMILES string of the molecule is CCN(C(=O)CC1SC(c2ccc(F)c(Br)c2)N(CCc2ccccn2)C1=O)C1=CCCCC1. The number of rotatable bonds is 8. The number of hydrogen-bond acceptors (Lipinski definition) is 4. The molecule has 5 nitrogen and oxygen atoms in total. The number of allylic oxidation sites excluding steroid dienone is 2. The van der Waals surface area contributed by atoms with E-state index in [2.05, 4.69) is 27.0 Å². The minimum absolute atomic E-state index is 0.00730. The summed E-state index contributed by atoms with van der Waals surface area (Å²) in [6.07, 6.45) is 8.83. The van der Waals surface area contributed by atoms with E-state index < -0.39 is 5.25 Å². The van der Waals surface area contributed by atoms with Gasteiger partial charge >= 0.3 is 0 Å². The van der Waals surface area contributed by atoms with Crippen LogP contribution in [0.4, 0.5) is 4.39 Å². The van der Waals surface area contributed by atoms with Crippen LogP contribution in [0.3, 0.4) is 0 Å². The first-order chi connectivity index (χ1) is 16.5. The Balaban J connectivity index is 1.53. The van der Waals surface area contributed by atoms with Crippen LogP contribution in [0.5, 0.6) is 0 Å². The summed E-state index contributed by atoms with van der Waals surface area (Å²) in [6.45, 7) is 3.07. The van der Waals surface area contributed by atoms with Crippen molar-refractivity contribution in [3.8, 4) is 0 Å². The first-order valence-electron chi connectivity index (χ1n) is 11.8. The lowest BCUT2D eigenvalue weighted by Gasteiger charge is -2.27. The van der Waals surface area contributed by atoms with Gasteiger partial charge < -0.3 is 9.80 Å². The fraction of sp³-hybridized carbons (Fsp3) is 0.423. The molecule has 0 saturated carbocycles. The average molecular weight is 547 g/mol. The topological polar surface area (TPSA) is 53.5 Å². The molecule has 1 fully saturated rings. The molecule has 0 spiro atoms. The Hall–Kier alpha value is -2.19. The average Bonchev–Trinajstić information content (AvgIpc) is 3.16. The van der Waals surface area contributed by atoms with Gasteiger partial charge in [0.1, 0.15) is 11.2 Å². The zero-order chi connectivity index (χ0) is 24.1. The van der Waals surface area contributed by atoms with E-state index in [0.29, 0.717) is 24.0 Å². The van der Waals surface area contributed by atoms with E-state index >= 15 is 0 Å². The number of hydrogen-bond donors (Lipinski definition) is 0. The standard InChI is InChI=1S/C26H29BrFN3O2S/c1-2-30(20-9-4-3-5-10-20)24(32)17-23-25(33)31(15-13-19-8-6-7-14-29-19)26(34-23)18-11-12-22(28)21(27)16-18/h6-9,11-12,14,16,23,26H,2-5,10,13,15,17H2,1H3. The van der Waals surface area contributed by atoms with Crippen molar-refractivity contribution in [2.24, 2.45) is 0 Å². The molecule has 2 unspecified atom stereocenters. The van der Waals surface area contributed by atoms with E-state index in [-0.39, 0.29) is 29.4 Å². The highest BCUT2D eigenvalue weighted by molar-refractivity contribution is 9.10. The lowest BCUT2D eigenvalue weighted by molar-refractivity contribution is -0.135. The third kappa shape index (κ3) is 5.71. The van der Waals surface area contributed by atoms with E-state index in [0.717, 1.165) is 42.6 Å². The summed E-state index contributed by atoms with van der Waals surface area (Å²) in [4.78, 5) is 34.8. The molecule has 2 heterocycles. The Morgan fingerprint density at radius 2 is 2.15 bits per heavy atom. The van der Waals surface area contributed by atoms with Gasteiger partial charge in [-0.3, -0.25) is 14.6 Å². The van der Waals surface area contributed by atoms with Crippen molar-refractivity contribution in [2.75, 3.05) is 13.1 Å². The van der Waals surface area contributed by atoms with E-state index in [4.69, 9.17) is 0 Å². The van der Waals surface area contributed by atoms with Gasteiger partial charge in [-0.15, -0.1) is 11.8 Å². The number of carbonyl (C=O) groups excluding carboxylic acids is 2. The minimum Gasteiger partial charge on any atom is -0.325 e. The number of halogens is 2. The third-order valence-electron chi connectivity index (χ3n) is 6.29. The van der Waals surface area contributed by atoms with Crippen LogP contribution in [0.1, 0.15) is 55.7 Å². The summed E-state index contributed by atoms with van der Waals surface area (Å²) < 4.78 is 14.2. The zero-order valence-electron chi connectivity index (χ0n) is 19.3. The molecule has 0 radical (unpaired) electrons. The summed E-state index contributed by atoms with van der Waals surface area (Å²) in [5.74, 6) is -0.398. The van der Waals surface area contributed by atoms with Crippen LogP contribution in [-0.2, 0) is 16.0 Å². The molecule has 2 amide bonds. The number of amides is 2. The zero-order valence-corrected chi connectivity index (χ0v) is 21.7. The summed E-state index contributed by atoms with van der Waals surface area (Å²) in [7, 11) is 0. The van der Waals surface area contributed by atoms with Gasteiger partial charge in [-0.25, -0.2) is 4.39 Å².